The predicted molar refractivity (Wildman–Crippen MR) is 72.8 cm³/mol. The summed E-state index contributed by atoms with van der Waals surface area (Å²) in [5.41, 5.74) is 2.05. The van der Waals surface area contributed by atoms with Gasteiger partial charge in [0.25, 0.3) is 0 Å². The van der Waals surface area contributed by atoms with Crippen LogP contribution in [-0.2, 0) is 13.0 Å². The highest BCUT2D eigenvalue weighted by Crippen LogP contribution is 2.21. The second kappa shape index (κ2) is 6.38. The summed E-state index contributed by atoms with van der Waals surface area (Å²) in [7, 11) is 6.14. The van der Waals surface area contributed by atoms with E-state index in [1.165, 1.54) is 0 Å². The van der Waals surface area contributed by atoms with Crippen LogP contribution in [0.15, 0.2) is 0 Å². The fourth-order valence-corrected chi connectivity index (χ4v) is 2.21. The second-order valence-electron chi connectivity index (χ2n) is 4.61. The highest BCUT2D eigenvalue weighted by molar-refractivity contribution is 6.31. The number of nitrogens with zero attached hydrogens (tertiary/aromatic N) is 3. The standard InChI is InChI=1S/C12H23ClN4/c1-6-17-11(12(13)9(2)15-17)7-10(14-3)8-16(4)5/h10,14H,6-8H2,1-5H3. The summed E-state index contributed by atoms with van der Waals surface area (Å²) in [6.45, 7) is 5.90. The van der Waals surface area contributed by atoms with Crippen molar-refractivity contribution in [1.29, 1.82) is 0 Å². The molecule has 0 spiro atoms. The van der Waals surface area contributed by atoms with Crippen molar-refractivity contribution in [3.05, 3.63) is 16.4 Å². The summed E-state index contributed by atoms with van der Waals surface area (Å²) in [4.78, 5) is 2.18. The fourth-order valence-electron chi connectivity index (χ4n) is 2.00. The number of halogens is 1. The average Bonchev–Trinajstić information content (AvgIpc) is 2.55. The molecule has 0 fully saturated rings. The Kier molecular flexibility index (Phi) is 5.43. The third-order valence-corrected chi connectivity index (χ3v) is 3.38. The minimum Gasteiger partial charge on any atom is -0.315 e. The van der Waals surface area contributed by atoms with E-state index in [1.54, 1.807) is 0 Å². The first kappa shape index (κ1) is 14.5. The molecule has 0 amide bonds. The number of hydrogen-bond donors (Lipinski definition) is 1. The fraction of sp³-hybridized carbons (Fsp3) is 0.750. The molecule has 0 aliphatic carbocycles. The first-order valence-electron chi connectivity index (χ1n) is 6.03. The second-order valence-corrected chi connectivity index (χ2v) is 4.99. The Morgan fingerprint density at radius 2 is 2.12 bits per heavy atom. The lowest BCUT2D eigenvalue weighted by atomic mass is 10.1. The number of aromatic nitrogens is 2. The molecule has 17 heavy (non-hydrogen) atoms. The molecule has 0 aliphatic rings. The van der Waals surface area contributed by atoms with Gasteiger partial charge in [0.1, 0.15) is 0 Å². The van der Waals surface area contributed by atoms with Gasteiger partial charge in [-0.2, -0.15) is 5.10 Å². The molecular weight excluding hydrogens is 236 g/mol. The molecule has 0 saturated heterocycles. The Balaban J connectivity index is 2.84. The first-order chi connectivity index (χ1) is 7.99. The SMILES string of the molecule is CCn1nc(C)c(Cl)c1CC(CN(C)C)NC. The van der Waals surface area contributed by atoms with Crippen LogP contribution in [0, 0.1) is 6.92 Å². The normalized spacial score (nSPS) is 13.4. The molecule has 1 aromatic heterocycles. The molecule has 1 atom stereocenters. The van der Waals surface area contributed by atoms with Crippen LogP contribution in [0.4, 0.5) is 0 Å². The van der Waals surface area contributed by atoms with E-state index in [1.807, 2.05) is 18.7 Å². The van der Waals surface area contributed by atoms with Crippen LogP contribution in [0.2, 0.25) is 5.02 Å². The largest absolute Gasteiger partial charge is 0.315 e. The first-order valence-corrected chi connectivity index (χ1v) is 6.41. The van der Waals surface area contributed by atoms with Gasteiger partial charge in [-0.3, -0.25) is 4.68 Å². The molecule has 98 valence electrons. The van der Waals surface area contributed by atoms with Crippen LogP contribution in [-0.4, -0.2) is 48.4 Å². The van der Waals surface area contributed by atoms with Gasteiger partial charge in [0.2, 0.25) is 0 Å². The molecule has 4 nitrogen and oxygen atoms in total. The van der Waals surface area contributed by atoms with Crippen LogP contribution < -0.4 is 5.32 Å². The van der Waals surface area contributed by atoms with Crippen molar-refractivity contribution in [2.45, 2.75) is 32.9 Å². The van der Waals surface area contributed by atoms with Gasteiger partial charge < -0.3 is 10.2 Å². The Morgan fingerprint density at radius 1 is 1.47 bits per heavy atom. The summed E-state index contributed by atoms with van der Waals surface area (Å²) in [6, 6.07) is 0.392. The minimum atomic E-state index is 0.392. The highest BCUT2D eigenvalue weighted by atomic mass is 35.5. The summed E-state index contributed by atoms with van der Waals surface area (Å²) < 4.78 is 2.00. The maximum absolute atomic E-state index is 6.31. The number of hydrogen-bond acceptors (Lipinski definition) is 3. The molecule has 0 radical (unpaired) electrons. The maximum Gasteiger partial charge on any atom is 0.0847 e. The van der Waals surface area contributed by atoms with Crippen LogP contribution in [0.1, 0.15) is 18.3 Å². The average molecular weight is 259 g/mol. The van der Waals surface area contributed by atoms with E-state index in [9.17, 15) is 0 Å². The van der Waals surface area contributed by atoms with E-state index in [-0.39, 0.29) is 0 Å². The Bertz CT molecular complexity index is 360. The molecule has 0 aliphatic heterocycles. The summed E-state index contributed by atoms with van der Waals surface area (Å²) in [5.74, 6) is 0. The molecule has 1 unspecified atom stereocenters. The Labute approximate surface area is 109 Å². The van der Waals surface area contributed by atoms with Gasteiger partial charge in [-0.1, -0.05) is 11.6 Å². The van der Waals surface area contributed by atoms with Gasteiger partial charge in [0.15, 0.2) is 0 Å². The Hall–Kier alpha value is -0.580. The van der Waals surface area contributed by atoms with Crippen molar-refractivity contribution in [2.75, 3.05) is 27.7 Å². The van der Waals surface area contributed by atoms with Gasteiger partial charge in [-0.05, 0) is 35.0 Å². The zero-order valence-corrected chi connectivity index (χ0v) is 12.2. The number of likely N-dealkylation sites (N-methyl/N-ethyl adjacent to an activating group) is 2. The van der Waals surface area contributed by atoms with Crippen molar-refractivity contribution in [2.24, 2.45) is 0 Å². The zero-order chi connectivity index (χ0) is 13.0. The van der Waals surface area contributed by atoms with Gasteiger partial charge >= 0.3 is 0 Å². The minimum absolute atomic E-state index is 0.392. The van der Waals surface area contributed by atoms with Gasteiger partial charge in [-0.25, -0.2) is 0 Å². The van der Waals surface area contributed by atoms with E-state index in [4.69, 9.17) is 11.6 Å². The highest BCUT2D eigenvalue weighted by Gasteiger charge is 2.17. The molecule has 0 bridgehead atoms. The smallest absolute Gasteiger partial charge is 0.0847 e. The van der Waals surface area contributed by atoms with Crippen LogP contribution in [0.25, 0.3) is 0 Å². The summed E-state index contributed by atoms with van der Waals surface area (Å²) in [6.07, 6.45) is 0.905. The molecule has 0 aromatic carbocycles. The number of rotatable bonds is 6. The molecule has 1 rings (SSSR count). The quantitative estimate of drug-likeness (QED) is 0.841. The van der Waals surface area contributed by atoms with Crippen molar-refractivity contribution in [3.8, 4) is 0 Å². The monoisotopic (exact) mass is 258 g/mol. The van der Waals surface area contributed by atoms with Crippen LogP contribution in [0.5, 0.6) is 0 Å². The third-order valence-electron chi connectivity index (χ3n) is 2.89. The topological polar surface area (TPSA) is 33.1 Å². The zero-order valence-electron chi connectivity index (χ0n) is 11.4. The summed E-state index contributed by atoms with van der Waals surface area (Å²) >= 11 is 6.31. The third kappa shape index (κ3) is 3.69. The van der Waals surface area contributed by atoms with Gasteiger partial charge in [-0.15, -0.1) is 0 Å². The Morgan fingerprint density at radius 3 is 2.59 bits per heavy atom. The molecular formula is C12H23ClN4. The maximum atomic E-state index is 6.31. The predicted octanol–water partition coefficient (Wildman–Crippen LogP) is 1.56. The van der Waals surface area contributed by atoms with Crippen molar-refractivity contribution < 1.29 is 0 Å². The van der Waals surface area contributed by atoms with E-state index >= 15 is 0 Å². The van der Waals surface area contributed by atoms with Crippen LogP contribution in [0.3, 0.4) is 0 Å². The van der Waals surface area contributed by atoms with E-state index in [0.29, 0.717) is 6.04 Å². The van der Waals surface area contributed by atoms with E-state index in [0.717, 1.165) is 35.9 Å². The lowest BCUT2D eigenvalue weighted by Gasteiger charge is -2.21. The summed E-state index contributed by atoms with van der Waals surface area (Å²) in [5, 5.41) is 8.58. The van der Waals surface area contributed by atoms with Crippen molar-refractivity contribution in [3.63, 3.8) is 0 Å². The van der Waals surface area contributed by atoms with Gasteiger partial charge in [0, 0.05) is 25.6 Å². The molecule has 0 saturated carbocycles. The van der Waals surface area contributed by atoms with Crippen molar-refractivity contribution in [1.82, 2.24) is 20.0 Å². The lowest BCUT2D eigenvalue weighted by molar-refractivity contribution is 0.343. The van der Waals surface area contributed by atoms with Gasteiger partial charge in [0.05, 0.1) is 16.4 Å². The molecule has 1 aromatic rings. The number of aryl methyl sites for hydroxylation is 2. The molecule has 1 heterocycles. The number of nitrogens with one attached hydrogen (secondary N) is 1. The van der Waals surface area contributed by atoms with Crippen molar-refractivity contribution >= 4 is 11.6 Å². The van der Waals surface area contributed by atoms with E-state index in [2.05, 4.69) is 36.3 Å². The molecule has 5 heteroatoms. The lowest BCUT2D eigenvalue weighted by Crippen LogP contribution is -2.38. The molecule has 1 N–H and O–H groups in total. The van der Waals surface area contributed by atoms with Crippen LogP contribution >= 0.6 is 11.6 Å². The van der Waals surface area contributed by atoms with E-state index < -0.39 is 0 Å².